The van der Waals surface area contributed by atoms with Crippen LogP contribution in [0.2, 0.25) is 0 Å². The van der Waals surface area contributed by atoms with Gasteiger partial charge in [-0.25, -0.2) is 9.18 Å². The Morgan fingerprint density at radius 3 is 2.69 bits per heavy atom. The molecule has 70 valence electrons. The van der Waals surface area contributed by atoms with Crippen molar-refractivity contribution in [3.05, 3.63) is 35.1 Å². The van der Waals surface area contributed by atoms with E-state index in [1.54, 1.807) is 0 Å². The van der Waals surface area contributed by atoms with Crippen LogP contribution in [-0.2, 0) is 6.42 Å². The van der Waals surface area contributed by atoms with Crippen molar-refractivity contribution in [2.24, 2.45) is 0 Å². The van der Waals surface area contributed by atoms with Gasteiger partial charge in [0.25, 0.3) is 0 Å². The lowest BCUT2D eigenvalue weighted by Crippen LogP contribution is -2.06. The fourth-order valence-corrected chi connectivity index (χ4v) is 1.12. The molecule has 0 aliphatic rings. The van der Waals surface area contributed by atoms with E-state index in [1.807, 2.05) is 0 Å². The smallest absolute Gasteiger partial charge is 0.336 e. The molecule has 1 aromatic rings. The van der Waals surface area contributed by atoms with Crippen LogP contribution >= 0.6 is 0 Å². The summed E-state index contributed by atoms with van der Waals surface area (Å²) >= 11 is 0. The summed E-state index contributed by atoms with van der Waals surface area (Å²) in [5.41, 5.74) is -0.0356. The third kappa shape index (κ3) is 2.03. The SMILES string of the molecule is O=C(O)c1cccc(F)c1CCO. The molecule has 0 saturated carbocycles. The molecule has 0 bridgehead atoms. The molecule has 0 saturated heterocycles. The topological polar surface area (TPSA) is 57.5 Å². The lowest BCUT2D eigenvalue weighted by atomic mass is 10.0. The fourth-order valence-electron chi connectivity index (χ4n) is 1.12. The summed E-state index contributed by atoms with van der Waals surface area (Å²) in [6, 6.07) is 3.83. The first-order valence-electron chi connectivity index (χ1n) is 3.78. The van der Waals surface area contributed by atoms with Gasteiger partial charge >= 0.3 is 5.97 Å². The maximum atomic E-state index is 13.0. The molecule has 0 aliphatic heterocycles. The van der Waals surface area contributed by atoms with E-state index in [0.29, 0.717) is 0 Å². The number of rotatable bonds is 3. The van der Waals surface area contributed by atoms with E-state index in [4.69, 9.17) is 10.2 Å². The van der Waals surface area contributed by atoms with Crippen LogP contribution in [-0.4, -0.2) is 22.8 Å². The molecule has 0 amide bonds. The number of hydrogen-bond acceptors (Lipinski definition) is 2. The van der Waals surface area contributed by atoms with Gasteiger partial charge in [-0.3, -0.25) is 0 Å². The molecule has 3 nitrogen and oxygen atoms in total. The minimum absolute atomic E-state index is 0.0221. The van der Waals surface area contributed by atoms with Crippen LogP contribution in [0.4, 0.5) is 4.39 Å². The van der Waals surface area contributed by atoms with Gasteiger partial charge in [0.2, 0.25) is 0 Å². The average Bonchev–Trinajstić information content (AvgIpc) is 2.08. The van der Waals surface area contributed by atoms with Gasteiger partial charge in [-0.2, -0.15) is 0 Å². The molecule has 13 heavy (non-hydrogen) atoms. The van der Waals surface area contributed by atoms with Gasteiger partial charge < -0.3 is 10.2 Å². The van der Waals surface area contributed by atoms with E-state index in [1.165, 1.54) is 18.2 Å². The molecule has 0 fully saturated rings. The number of halogens is 1. The van der Waals surface area contributed by atoms with Crippen molar-refractivity contribution >= 4 is 5.97 Å². The van der Waals surface area contributed by atoms with Gasteiger partial charge in [-0.1, -0.05) is 6.07 Å². The number of carboxylic acids is 1. The van der Waals surface area contributed by atoms with Gasteiger partial charge in [-0.05, 0) is 18.6 Å². The predicted molar refractivity (Wildman–Crippen MR) is 44.1 cm³/mol. The minimum atomic E-state index is -1.18. The molecule has 0 atom stereocenters. The Kier molecular flexibility index (Phi) is 2.97. The lowest BCUT2D eigenvalue weighted by Gasteiger charge is -2.04. The number of carbonyl (C=O) groups is 1. The highest BCUT2D eigenvalue weighted by Gasteiger charge is 2.12. The molecule has 0 spiro atoms. The summed E-state index contributed by atoms with van der Waals surface area (Å²) in [6.07, 6.45) is 0.0221. The second kappa shape index (κ2) is 4.00. The average molecular weight is 184 g/mol. The van der Waals surface area contributed by atoms with E-state index < -0.39 is 11.8 Å². The number of hydrogen-bond donors (Lipinski definition) is 2. The maximum absolute atomic E-state index is 13.0. The zero-order chi connectivity index (χ0) is 9.84. The van der Waals surface area contributed by atoms with Crippen LogP contribution in [0.25, 0.3) is 0 Å². The molecular formula is C9H9FO3. The van der Waals surface area contributed by atoms with Crippen molar-refractivity contribution in [2.75, 3.05) is 6.61 Å². The van der Waals surface area contributed by atoms with Crippen molar-refractivity contribution in [1.82, 2.24) is 0 Å². The molecule has 1 rings (SSSR count). The monoisotopic (exact) mass is 184 g/mol. The highest BCUT2D eigenvalue weighted by atomic mass is 19.1. The molecular weight excluding hydrogens is 175 g/mol. The lowest BCUT2D eigenvalue weighted by molar-refractivity contribution is 0.0695. The van der Waals surface area contributed by atoms with Crippen LogP contribution in [0.5, 0.6) is 0 Å². The summed E-state index contributed by atoms with van der Waals surface area (Å²) in [4.78, 5) is 10.6. The van der Waals surface area contributed by atoms with E-state index in [-0.39, 0.29) is 24.2 Å². The van der Waals surface area contributed by atoms with Crippen LogP contribution in [0, 0.1) is 5.82 Å². The fraction of sp³-hybridized carbons (Fsp3) is 0.222. The Morgan fingerprint density at radius 2 is 2.15 bits per heavy atom. The van der Waals surface area contributed by atoms with Crippen molar-refractivity contribution in [3.8, 4) is 0 Å². The highest BCUT2D eigenvalue weighted by molar-refractivity contribution is 5.89. The van der Waals surface area contributed by atoms with Gasteiger partial charge in [0.15, 0.2) is 0 Å². The van der Waals surface area contributed by atoms with Gasteiger partial charge in [0, 0.05) is 12.2 Å². The second-order valence-corrected chi connectivity index (χ2v) is 2.54. The first-order chi connectivity index (χ1) is 6.16. The molecule has 0 radical (unpaired) electrons. The number of aliphatic hydroxyl groups is 1. The van der Waals surface area contributed by atoms with E-state index in [0.717, 1.165) is 0 Å². The zero-order valence-electron chi connectivity index (χ0n) is 6.83. The largest absolute Gasteiger partial charge is 0.478 e. The van der Waals surface area contributed by atoms with E-state index >= 15 is 0 Å². The standard InChI is InChI=1S/C9H9FO3/c10-8-3-1-2-7(9(12)13)6(8)4-5-11/h1-3,11H,4-5H2,(H,12,13). The number of benzene rings is 1. The summed E-state index contributed by atoms with van der Waals surface area (Å²) in [5, 5.41) is 17.3. The number of aliphatic hydroxyl groups excluding tert-OH is 1. The normalized spacial score (nSPS) is 10.0. The molecule has 1 aromatic carbocycles. The Balaban J connectivity index is 3.17. The number of carboxylic acid groups (broad SMARTS) is 1. The first kappa shape index (κ1) is 9.67. The maximum Gasteiger partial charge on any atom is 0.336 e. The van der Waals surface area contributed by atoms with Crippen LogP contribution in [0.1, 0.15) is 15.9 Å². The molecule has 0 heterocycles. The Bertz CT molecular complexity index is 323. The summed E-state index contributed by atoms with van der Waals surface area (Å²) in [7, 11) is 0. The van der Waals surface area contributed by atoms with Crippen LogP contribution in [0.15, 0.2) is 18.2 Å². The van der Waals surface area contributed by atoms with Gasteiger partial charge in [0.1, 0.15) is 5.82 Å². The quantitative estimate of drug-likeness (QED) is 0.738. The Morgan fingerprint density at radius 1 is 1.46 bits per heavy atom. The predicted octanol–water partition coefficient (Wildman–Crippen LogP) is 1.06. The Labute approximate surface area is 74.4 Å². The van der Waals surface area contributed by atoms with E-state index in [9.17, 15) is 9.18 Å². The first-order valence-corrected chi connectivity index (χ1v) is 3.78. The number of aromatic carboxylic acids is 1. The summed E-state index contributed by atoms with van der Waals surface area (Å²) in [5.74, 6) is -1.77. The van der Waals surface area contributed by atoms with Crippen molar-refractivity contribution < 1.29 is 19.4 Å². The van der Waals surface area contributed by atoms with Crippen molar-refractivity contribution in [3.63, 3.8) is 0 Å². The second-order valence-electron chi connectivity index (χ2n) is 2.54. The summed E-state index contributed by atoms with van der Waals surface area (Å²) in [6.45, 7) is -0.263. The molecule has 0 unspecified atom stereocenters. The van der Waals surface area contributed by atoms with Crippen molar-refractivity contribution in [2.45, 2.75) is 6.42 Å². The van der Waals surface area contributed by atoms with Gasteiger partial charge in [-0.15, -0.1) is 0 Å². The Hall–Kier alpha value is -1.42. The highest BCUT2D eigenvalue weighted by Crippen LogP contribution is 2.13. The molecule has 2 N–H and O–H groups in total. The molecule has 0 aromatic heterocycles. The van der Waals surface area contributed by atoms with Crippen LogP contribution in [0.3, 0.4) is 0 Å². The van der Waals surface area contributed by atoms with Crippen molar-refractivity contribution in [1.29, 1.82) is 0 Å². The zero-order valence-corrected chi connectivity index (χ0v) is 6.83. The third-order valence-electron chi connectivity index (χ3n) is 1.71. The van der Waals surface area contributed by atoms with Gasteiger partial charge in [0.05, 0.1) is 5.56 Å². The van der Waals surface area contributed by atoms with E-state index in [2.05, 4.69) is 0 Å². The van der Waals surface area contributed by atoms with Crippen LogP contribution < -0.4 is 0 Å². The molecule has 4 heteroatoms. The minimum Gasteiger partial charge on any atom is -0.478 e. The third-order valence-corrected chi connectivity index (χ3v) is 1.71. The molecule has 0 aliphatic carbocycles. The summed E-state index contributed by atoms with van der Waals surface area (Å²) < 4.78 is 13.0.